The van der Waals surface area contributed by atoms with Crippen LogP contribution in [0.5, 0.6) is 0 Å². The molecule has 18 heavy (non-hydrogen) atoms. The number of carbonyl (C=O) groups excluding carboxylic acids is 2. The Bertz CT molecular complexity index is 611. The Morgan fingerprint density at radius 1 is 1.44 bits per heavy atom. The van der Waals surface area contributed by atoms with Crippen LogP contribution in [0.4, 0.5) is 0 Å². The molecular formula is C11H13N5O2. The molecule has 2 heterocycles. The van der Waals surface area contributed by atoms with Crippen LogP contribution in [0.3, 0.4) is 0 Å². The molecule has 0 aromatic carbocycles. The van der Waals surface area contributed by atoms with Crippen molar-refractivity contribution in [1.82, 2.24) is 24.9 Å². The Labute approximate surface area is 103 Å². The summed E-state index contributed by atoms with van der Waals surface area (Å²) in [6.45, 7) is 1.75. The van der Waals surface area contributed by atoms with Gasteiger partial charge in [0.1, 0.15) is 0 Å². The molecule has 1 N–H and O–H groups in total. The summed E-state index contributed by atoms with van der Waals surface area (Å²) in [5, 5.41) is 10.8. The van der Waals surface area contributed by atoms with Gasteiger partial charge in [-0.05, 0) is 13.0 Å². The number of aldehydes is 1. The summed E-state index contributed by atoms with van der Waals surface area (Å²) >= 11 is 0. The summed E-state index contributed by atoms with van der Waals surface area (Å²) in [4.78, 5) is 22.5. The average Bonchev–Trinajstić information content (AvgIpc) is 2.92. The predicted octanol–water partition coefficient (Wildman–Crippen LogP) is 0.0863. The molecule has 0 saturated carbocycles. The molecule has 0 fully saturated rings. The van der Waals surface area contributed by atoms with Crippen molar-refractivity contribution in [3.63, 3.8) is 0 Å². The first-order valence-corrected chi connectivity index (χ1v) is 5.35. The van der Waals surface area contributed by atoms with Gasteiger partial charge in [0.15, 0.2) is 17.8 Å². The lowest BCUT2D eigenvalue weighted by Gasteiger charge is -2.02. The Morgan fingerprint density at radius 3 is 2.78 bits per heavy atom. The van der Waals surface area contributed by atoms with Gasteiger partial charge in [-0.15, -0.1) is 0 Å². The molecule has 0 aliphatic heterocycles. The van der Waals surface area contributed by atoms with Gasteiger partial charge in [-0.3, -0.25) is 14.3 Å². The van der Waals surface area contributed by atoms with E-state index in [0.29, 0.717) is 17.1 Å². The number of nitrogens with one attached hydrogen (secondary N) is 1. The van der Waals surface area contributed by atoms with Crippen molar-refractivity contribution >= 4 is 12.2 Å². The largest absolute Gasteiger partial charge is 0.354 e. The van der Waals surface area contributed by atoms with Gasteiger partial charge in [-0.2, -0.15) is 10.2 Å². The fourth-order valence-corrected chi connectivity index (χ4v) is 1.76. The fraction of sp³-hybridized carbons (Fsp3) is 0.273. The number of hydrogen-bond donors (Lipinski definition) is 1. The Morgan fingerprint density at radius 2 is 2.17 bits per heavy atom. The van der Waals surface area contributed by atoms with Crippen molar-refractivity contribution in [3.05, 3.63) is 29.2 Å². The molecule has 0 saturated heterocycles. The van der Waals surface area contributed by atoms with Crippen LogP contribution >= 0.6 is 0 Å². The molecule has 7 heteroatoms. The SMILES string of the molecule is CNC(=O)c1ccn(-c2c(C=O)c(C)nn2C)n1. The molecule has 2 rings (SSSR count). The highest BCUT2D eigenvalue weighted by atomic mass is 16.1. The van der Waals surface area contributed by atoms with Crippen molar-refractivity contribution in [2.45, 2.75) is 6.92 Å². The van der Waals surface area contributed by atoms with Gasteiger partial charge < -0.3 is 5.32 Å². The third kappa shape index (κ3) is 1.79. The lowest BCUT2D eigenvalue weighted by molar-refractivity contribution is 0.0957. The molecule has 0 spiro atoms. The minimum atomic E-state index is -0.278. The first kappa shape index (κ1) is 12.0. The second-order valence-electron chi connectivity index (χ2n) is 3.79. The van der Waals surface area contributed by atoms with E-state index in [0.717, 1.165) is 6.29 Å². The van der Waals surface area contributed by atoms with E-state index >= 15 is 0 Å². The molecule has 1 amide bonds. The van der Waals surface area contributed by atoms with Gasteiger partial charge in [-0.25, -0.2) is 4.68 Å². The molecule has 2 aromatic rings. The Hall–Kier alpha value is -2.44. The molecule has 94 valence electrons. The van der Waals surface area contributed by atoms with E-state index in [1.54, 1.807) is 30.9 Å². The zero-order valence-corrected chi connectivity index (χ0v) is 10.3. The van der Waals surface area contributed by atoms with Crippen LogP contribution in [-0.4, -0.2) is 38.8 Å². The predicted molar refractivity (Wildman–Crippen MR) is 63.8 cm³/mol. The summed E-state index contributed by atoms with van der Waals surface area (Å²) < 4.78 is 3.02. The maximum Gasteiger partial charge on any atom is 0.271 e. The lowest BCUT2D eigenvalue weighted by atomic mass is 10.3. The highest BCUT2D eigenvalue weighted by molar-refractivity contribution is 5.92. The van der Waals surface area contributed by atoms with E-state index in [9.17, 15) is 9.59 Å². The maximum absolute atomic E-state index is 11.4. The van der Waals surface area contributed by atoms with Crippen LogP contribution in [0.2, 0.25) is 0 Å². The molecule has 0 aliphatic rings. The van der Waals surface area contributed by atoms with Crippen molar-refractivity contribution < 1.29 is 9.59 Å². The van der Waals surface area contributed by atoms with Crippen LogP contribution in [0.1, 0.15) is 26.5 Å². The Kier molecular flexibility index (Phi) is 2.97. The van der Waals surface area contributed by atoms with Gasteiger partial charge in [0.2, 0.25) is 0 Å². The van der Waals surface area contributed by atoms with E-state index < -0.39 is 0 Å². The number of rotatable bonds is 3. The minimum Gasteiger partial charge on any atom is -0.354 e. The summed E-state index contributed by atoms with van der Waals surface area (Å²) in [5.41, 5.74) is 1.37. The minimum absolute atomic E-state index is 0.278. The second-order valence-corrected chi connectivity index (χ2v) is 3.79. The number of carbonyl (C=O) groups is 2. The topological polar surface area (TPSA) is 81.8 Å². The highest BCUT2D eigenvalue weighted by Crippen LogP contribution is 2.15. The first-order valence-electron chi connectivity index (χ1n) is 5.35. The molecule has 2 aromatic heterocycles. The van der Waals surface area contributed by atoms with Crippen LogP contribution in [0.15, 0.2) is 12.3 Å². The molecular weight excluding hydrogens is 234 g/mol. The molecule has 0 bridgehead atoms. The molecule has 0 unspecified atom stereocenters. The lowest BCUT2D eigenvalue weighted by Crippen LogP contribution is -2.19. The first-order chi connectivity index (χ1) is 8.58. The van der Waals surface area contributed by atoms with E-state index in [1.165, 1.54) is 11.7 Å². The van der Waals surface area contributed by atoms with Crippen molar-refractivity contribution in [2.24, 2.45) is 7.05 Å². The molecule has 7 nitrogen and oxygen atoms in total. The maximum atomic E-state index is 11.4. The smallest absolute Gasteiger partial charge is 0.271 e. The van der Waals surface area contributed by atoms with E-state index in [1.807, 2.05) is 0 Å². The fourth-order valence-electron chi connectivity index (χ4n) is 1.76. The zero-order chi connectivity index (χ0) is 13.3. The normalized spacial score (nSPS) is 10.4. The van der Waals surface area contributed by atoms with Gasteiger partial charge in [0, 0.05) is 20.3 Å². The van der Waals surface area contributed by atoms with Crippen molar-refractivity contribution in [2.75, 3.05) is 7.05 Å². The monoisotopic (exact) mass is 247 g/mol. The zero-order valence-electron chi connectivity index (χ0n) is 10.3. The van der Waals surface area contributed by atoms with Gasteiger partial charge in [0.25, 0.3) is 5.91 Å². The molecule has 0 radical (unpaired) electrons. The summed E-state index contributed by atoms with van der Waals surface area (Å²) in [7, 11) is 3.25. The van der Waals surface area contributed by atoms with Gasteiger partial charge in [-0.1, -0.05) is 0 Å². The standard InChI is InChI=1S/C11H13N5O2/c1-7-8(6-17)11(15(3)13-7)16-5-4-9(14-16)10(18)12-2/h4-6H,1-3H3,(H,12,18). The van der Waals surface area contributed by atoms with Gasteiger partial charge >= 0.3 is 0 Å². The highest BCUT2D eigenvalue weighted by Gasteiger charge is 2.16. The van der Waals surface area contributed by atoms with Crippen LogP contribution in [0.25, 0.3) is 5.82 Å². The molecule has 0 atom stereocenters. The average molecular weight is 247 g/mol. The van der Waals surface area contributed by atoms with Crippen molar-refractivity contribution in [3.8, 4) is 5.82 Å². The molecule has 0 aliphatic carbocycles. The van der Waals surface area contributed by atoms with Crippen LogP contribution in [0, 0.1) is 6.92 Å². The number of aromatic nitrogens is 4. The summed E-state index contributed by atoms with van der Waals surface area (Å²) in [6.07, 6.45) is 2.35. The van der Waals surface area contributed by atoms with Crippen LogP contribution < -0.4 is 5.32 Å². The summed E-state index contributed by atoms with van der Waals surface area (Å²) in [5.74, 6) is 0.262. The van der Waals surface area contributed by atoms with E-state index in [-0.39, 0.29) is 11.6 Å². The van der Waals surface area contributed by atoms with E-state index in [4.69, 9.17) is 0 Å². The number of amides is 1. The van der Waals surface area contributed by atoms with Crippen molar-refractivity contribution in [1.29, 1.82) is 0 Å². The third-order valence-electron chi connectivity index (χ3n) is 2.62. The number of hydrogen-bond acceptors (Lipinski definition) is 4. The summed E-state index contributed by atoms with van der Waals surface area (Å²) in [6, 6.07) is 1.58. The quantitative estimate of drug-likeness (QED) is 0.779. The van der Waals surface area contributed by atoms with Crippen LogP contribution in [-0.2, 0) is 7.05 Å². The van der Waals surface area contributed by atoms with Gasteiger partial charge in [0.05, 0.1) is 11.3 Å². The third-order valence-corrected chi connectivity index (χ3v) is 2.62. The second kappa shape index (κ2) is 4.44. The number of nitrogens with zero attached hydrogens (tertiary/aromatic N) is 4. The number of aryl methyl sites for hydroxylation is 2. The van der Waals surface area contributed by atoms with E-state index in [2.05, 4.69) is 15.5 Å². The Balaban J connectivity index is 2.52.